The number of ether oxygens (including phenoxy) is 2. The summed E-state index contributed by atoms with van der Waals surface area (Å²) in [5.41, 5.74) is 1.89. The Morgan fingerprint density at radius 1 is 1.10 bits per heavy atom. The van der Waals surface area contributed by atoms with Crippen LogP contribution >= 0.6 is 0 Å². The molecule has 1 aliphatic carbocycles. The lowest BCUT2D eigenvalue weighted by molar-refractivity contribution is 0.262. The predicted molar refractivity (Wildman–Crippen MR) is 109 cm³/mol. The fraction of sp³-hybridized carbons (Fsp3) is 0.286. The van der Waals surface area contributed by atoms with Crippen LogP contribution in [0.1, 0.15) is 31.1 Å². The number of hydrogen-bond acceptors (Lipinski definition) is 6. The fourth-order valence-electron chi connectivity index (χ4n) is 3.11. The van der Waals surface area contributed by atoms with Crippen molar-refractivity contribution in [2.45, 2.75) is 25.2 Å². The van der Waals surface area contributed by atoms with Gasteiger partial charge in [0.2, 0.25) is 11.7 Å². The quantitative estimate of drug-likeness (QED) is 0.631. The summed E-state index contributed by atoms with van der Waals surface area (Å²) >= 11 is 0. The second-order valence-electron chi connectivity index (χ2n) is 6.81. The molecule has 0 aliphatic heterocycles. The van der Waals surface area contributed by atoms with Gasteiger partial charge in [-0.3, -0.25) is 0 Å². The van der Waals surface area contributed by atoms with Crippen molar-refractivity contribution in [3.8, 4) is 22.9 Å². The molecule has 0 saturated heterocycles. The second kappa shape index (κ2) is 8.22. The number of hydrogen-bond donors (Lipinski definition) is 2. The van der Waals surface area contributed by atoms with E-state index < -0.39 is 6.03 Å². The van der Waals surface area contributed by atoms with Crippen molar-refractivity contribution in [1.82, 2.24) is 10.1 Å². The number of nitrogens with zero attached hydrogens (tertiary/aromatic N) is 2. The lowest BCUT2D eigenvalue weighted by Gasteiger charge is -2.20. The van der Waals surface area contributed by atoms with Crippen LogP contribution in [-0.2, 0) is 0 Å². The van der Waals surface area contributed by atoms with Crippen LogP contribution in [0.15, 0.2) is 47.0 Å². The molecule has 2 aromatic carbocycles. The highest BCUT2D eigenvalue weighted by Gasteiger charge is 2.25. The Balaban J connectivity index is 1.46. The van der Waals surface area contributed by atoms with Gasteiger partial charge in [-0.15, -0.1) is 0 Å². The molecule has 1 aromatic heterocycles. The third-order valence-electron chi connectivity index (χ3n) is 4.93. The predicted octanol–water partition coefficient (Wildman–Crippen LogP) is 4.67. The van der Waals surface area contributed by atoms with Crippen molar-refractivity contribution in [3.63, 3.8) is 0 Å². The maximum Gasteiger partial charge on any atom is 0.323 e. The molecule has 1 aliphatic rings. The molecule has 4 rings (SSSR count). The van der Waals surface area contributed by atoms with E-state index in [2.05, 4.69) is 20.8 Å². The first-order valence-corrected chi connectivity index (χ1v) is 9.40. The number of amides is 2. The molecule has 8 nitrogen and oxygen atoms in total. The first-order chi connectivity index (χ1) is 14.2. The number of methoxy groups -OCH3 is 2. The van der Waals surface area contributed by atoms with Crippen molar-refractivity contribution in [3.05, 3.63) is 48.4 Å². The number of urea groups is 1. The molecule has 8 heteroatoms. The normalized spacial score (nSPS) is 13.4. The molecular weight excluding hydrogens is 372 g/mol. The van der Waals surface area contributed by atoms with E-state index in [9.17, 15) is 4.79 Å². The SMILES string of the molecule is COc1ccc(OC)c(NC(=O)Nc2cccc(-c3noc(C4CCC4)n3)c2)c1. The molecule has 2 amide bonds. The number of benzene rings is 2. The lowest BCUT2D eigenvalue weighted by Crippen LogP contribution is -2.19. The third-order valence-corrected chi connectivity index (χ3v) is 4.93. The molecule has 3 aromatic rings. The summed E-state index contributed by atoms with van der Waals surface area (Å²) in [6.07, 6.45) is 3.39. The summed E-state index contributed by atoms with van der Waals surface area (Å²) in [7, 11) is 3.10. The molecule has 0 spiro atoms. The molecule has 2 N–H and O–H groups in total. The number of anilines is 2. The van der Waals surface area contributed by atoms with Gasteiger partial charge in [-0.2, -0.15) is 4.98 Å². The van der Waals surface area contributed by atoms with Crippen LogP contribution in [0.25, 0.3) is 11.4 Å². The molecule has 0 radical (unpaired) electrons. The Kier molecular flexibility index (Phi) is 5.33. The van der Waals surface area contributed by atoms with E-state index in [4.69, 9.17) is 14.0 Å². The van der Waals surface area contributed by atoms with E-state index in [1.54, 1.807) is 37.4 Å². The third kappa shape index (κ3) is 4.16. The van der Waals surface area contributed by atoms with Crippen LogP contribution in [-0.4, -0.2) is 30.4 Å². The molecule has 0 bridgehead atoms. The van der Waals surface area contributed by atoms with E-state index in [-0.39, 0.29) is 0 Å². The van der Waals surface area contributed by atoms with Gasteiger partial charge in [-0.1, -0.05) is 23.7 Å². The Labute approximate surface area is 168 Å². The van der Waals surface area contributed by atoms with Crippen molar-refractivity contribution in [2.75, 3.05) is 24.9 Å². The average molecular weight is 394 g/mol. The van der Waals surface area contributed by atoms with Crippen molar-refractivity contribution < 1.29 is 18.8 Å². The smallest absolute Gasteiger partial charge is 0.323 e. The van der Waals surface area contributed by atoms with Gasteiger partial charge < -0.3 is 24.6 Å². The van der Waals surface area contributed by atoms with E-state index in [0.717, 1.165) is 18.4 Å². The standard InChI is InChI=1S/C21H22N4O4/c1-27-16-9-10-18(28-2)17(12-16)23-21(26)22-15-8-4-7-14(11-15)19-24-20(29-25-19)13-5-3-6-13/h4,7-13H,3,5-6H2,1-2H3,(H2,22,23,26). The number of carbonyl (C=O) groups excluding carboxylic acids is 1. The molecule has 1 fully saturated rings. The van der Waals surface area contributed by atoms with Crippen molar-refractivity contribution in [2.24, 2.45) is 0 Å². The minimum Gasteiger partial charge on any atom is -0.497 e. The Morgan fingerprint density at radius 3 is 2.69 bits per heavy atom. The fourth-order valence-corrected chi connectivity index (χ4v) is 3.11. The van der Waals surface area contributed by atoms with E-state index in [0.29, 0.717) is 40.5 Å². The second-order valence-corrected chi connectivity index (χ2v) is 6.81. The van der Waals surface area contributed by atoms with Gasteiger partial charge in [0, 0.05) is 23.2 Å². The van der Waals surface area contributed by atoms with Crippen LogP contribution in [0.3, 0.4) is 0 Å². The highest BCUT2D eigenvalue weighted by molar-refractivity contribution is 6.01. The van der Waals surface area contributed by atoms with Gasteiger partial charge in [-0.25, -0.2) is 4.79 Å². The highest BCUT2D eigenvalue weighted by atomic mass is 16.5. The average Bonchev–Trinajstić information content (AvgIpc) is 3.16. The van der Waals surface area contributed by atoms with Crippen LogP contribution in [0.4, 0.5) is 16.2 Å². The largest absolute Gasteiger partial charge is 0.497 e. The minimum absolute atomic E-state index is 0.376. The monoisotopic (exact) mass is 394 g/mol. The molecule has 0 atom stereocenters. The summed E-state index contributed by atoms with van der Waals surface area (Å²) in [6, 6.07) is 12.1. The van der Waals surface area contributed by atoms with Crippen LogP contribution in [0, 0.1) is 0 Å². The van der Waals surface area contributed by atoms with Gasteiger partial charge in [0.05, 0.1) is 19.9 Å². The Bertz CT molecular complexity index is 1010. The van der Waals surface area contributed by atoms with Crippen LogP contribution in [0.2, 0.25) is 0 Å². The van der Waals surface area contributed by atoms with Gasteiger partial charge >= 0.3 is 6.03 Å². The van der Waals surface area contributed by atoms with E-state index in [1.807, 2.05) is 12.1 Å². The Hall–Kier alpha value is -3.55. The van der Waals surface area contributed by atoms with E-state index >= 15 is 0 Å². The van der Waals surface area contributed by atoms with Crippen molar-refractivity contribution in [1.29, 1.82) is 0 Å². The van der Waals surface area contributed by atoms with E-state index in [1.165, 1.54) is 13.5 Å². The molecule has 150 valence electrons. The number of rotatable bonds is 6. The summed E-state index contributed by atoms with van der Waals surface area (Å²) in [5, 5.41) is 9.66. The highest BCUT2D eigenvalue weighted by Crippen LogP contribution is 2.36. The van der Waals surface area contributed by atoms with Crippen LogP contribution in [0.5, 0.6) is 11.5 Å². The topological polar surface area (TPSA) is 98.5 Å². The maximum atomic E-state index is 12.5. The molecule has 29 heavy (non-hydrogen) atoms. The van der Waals surface area contributed by atoms with Gasteiger partial charge in [-0.05, 0) is 37.1 Å². The first-order valence-electron chi connectivity index (χ1n) is 9.40. The summed E-state index contributed by atoms with van der Waals surface area (Å²) in [5.74, 6) is 2.73. The zero-order chi connectivity index (χ0) is 20.2. The lowest BCUT2D eigenvalue weighted by atomic mass is 9.85. The summed E-state index contributed by atoms with van der Waals surface area (Å²) in [6.45, 7) is 0. The molecule has 1 heterocycles. The number of aromatic nitrogens is 2. The molecule has 0 unspecified atom stereocenters. The first kappa shape index (κ1) is 18.8. The van der Waals surface area contributed by atoms with Gasteiger partial charge in [0.15, 0.2) is 0 Å². The number of nitrogens with one attached hydrogen (secondary N) is 2. The molecular formula is C21H22N4O4. The Morgan fingerprint density at radius 2 is 1.97 bits per heavy atom. The zero-order valence-corrected chi connectivity index (χ0v) is 16.3. The molecule has 1 saturated carbocycles. The summed E-state index contributed by atoms with van der Waals surface area (Å²) in [4.78, 5) is 17.0. The van der Waals surface area contributed by atoms with Gasteiger partial charge in [0.25, 0.3) is 0 Å². The van der Waals surface area contributed by atoms with Gasteiger partial charge in [0.1, 0.15) is 11.5 Å². The zero-order valence-electron chi connectivity index (χ0n) is 16.3. The maximum absolute atomic E-state index is 12.5. The number of carbonyl (C=O) groups is 1. The minimum atomic E-state index is -0.406. The van der Waals surface area contributed by atoms with Crippen molar-refractivity contribution >= 4 is 17.4 Å². The van der Waals surface area contributed by atoms with Crippen LogP contribution < -0.4 is 20.1 Å². The summed E-state index contributed by atoms with van der Waals surface area (Å²) < 4.78 is 15.9.